The lowest BCUT2D eigenvalue weighted by molar-refractivity contribution is -0.145. The van der Waals surface area contributed by atoms with E-state index in [1.165, 1.54) is 0 Å². The quantitative estimate of drug-likeness (QED) is 0.410. The van der Waals surface area contributed by atoms with Crippen LogP contribution in [-0.4, -0.2) is 40.4 Å². The molecule has 0 saturated carbocycles. The Bertz CT molecular complexity index is 313. The second-order valence-corrected chi connectivity index (χ2v) is 5.26. The molecule has 8 heteroatoms. The molecule has 0 aromatic carbocycles. The third-order valence-corrected chi connectivity index (χ3v) is 2.71. The van der Waals surface area contributed by atoms with Gasteiger partial charge in [0.25, 0.3) is 0 Å². The Morgan fingerprint density at radius 1 is 1.41 bits per heavy atom. The van der Waals surface area contributed by atoms with Crippen molar-refractivity contribution in [3.05, 3.63) is 0 Å². The van der Waals surface area contributed by atoms with Gasteiger partial charge in [-0.25, -0.2) is 0 Å². The number of ether oxygens (including phenoxy) is 1. The molecule has 17 heavy (non-hydrogen) atoms. The molecule has 0 fully saturated rings. The Morgan fingerprint density at radius 2 is 2.00 bits per heavy atom. The van der Waals surface area contributed by atoms with E-state index in [9.17, 15) is 14.2 Å². The maximum Gasteiger partial charge on any atom is 0.332 e. The molecular formula is C9H18NO6P. The third-order valence-electron chi connectivity index (χ3n) is 1.94. The summed E-state index contributed by atoms with van der Waals surface area (Å²) in [6.45, 7) is 1.90. The minimum Gasteiger partial charge on any atom is -0.465 e. The highest BCUT2D eigenvalue weighted by Crippen LogP contribution is 2.34. The molecule has 0 unspecified atom stereocenters. The number of esters is 1. The van der Waals surface area contributed by atoms with Crippen molar-refractivity contribution < 1.29 is 28.7 Å². The molecule has 0 aliphatic heterocycles. The van der Waals surface area contributed by atoms with Gasteiger partial charge < -0.3 is 20.3 Å². The number of rotatable bonds is 8. The summed E-state index contributed by atoms with van der Waals surface area (Å²) in [4.78, 5) is 39.3. The Kier molecular flexibility index (Phi) is 7.22. The van der Waals surface area contributed by atoms with Gasteiger partial charge in [-0.05, 0) is 19.8 Å². The van der Waals surface area contributed by atoms with Gasteiger partial charge in [0.15, 0.2) is 0 Å². The molecule has 0 saturated heterocycles. The minimum absolute atomic E-state index is 0.00177. The molecule has 0 bridgehead atoms. The average Bonchev–Trinajstić information content (AvgIpc) is 2.14. The monoisotopic (exact) mass is 267 g/mol. The second-order valence-electron chi connectivity index (χ2n) is 3.61. The Morgan fingerprint density at radius 3 is 2.47 bits per heavy atom. The molecular weight excluding hydrogens is 249 g/mol. The molecule has 0 aromatic rings. The van der Waals surface area contributed by atoms with Crippen LogP contribution < -0.4 is 5.73 Å². The summed E-state index contributed by atoms with van der Waals surface area (Å²) >= 11 is 0. The van der Waals surface area contributed by atoms with Crippen LogP contribution in [0.5, 0.6) is 0 Å². The Labute approximate surface area is 99.5 Å². The van der Waals surface area contributed by atoms with Gasteiger partial charge in [-0.2, -0.15) is 0 Å². The van der Waals surface area contributed by atoms with Gasteiger partial charge >= 0.3 is 13.6 Å². The fourth-order valence-electron chi connectivity index (χ4n) is 1.20. The highest BCUT2D eigenvalue weighted by Gasteiger charge is 2.19. The number of Topliss-reactive ketones (excluding diaryl/α,β-unsaturated/α-hetero) is 1. The first-order valence-electron chi connectivity index (χ1n) is 5.24. The van der Waals surface area contributed by atoms with Gasteiger partial charge in [-0.1, -0.05) is 0 Å². The number of nitrogens with two attached hydrogens (primary N) is 1. The zero-order valence-corrected chi connectivity index (χ0v) is 10.6. The van der Waals surface area contributed by atoms with Crippen LogP contribution in [-0.2, 0) is 18.9 Å². The first-order valence-corrected chi connectivity index (χ1v) is 7.04. The normalized spacial score (nSPS) is 13.2. The first-order chi connectivity index (χ1) is 7.76. The van der Waals surface area contributed by atoms with Gasteiger partial charge in [0.1, 0.15) is 18.0 Å². The van der Waals surface area contributed by atoms with Crippen molar-refractivity contribution in [3.8, 4) is 0 Å². The van der Waals surface area contributed by atoms with Crippen LogP contribution in [0.3, 0.4) is 0 Å². The Balaban J connectivity index is 3.80. The van der Waals surface area contributed by atoms with Gasteiger partial charge in [0.2, 0.25) is 0 Å². The zero-order chi connectivity index (χ0) is 13.5. The third kappa shape index (κ3) is 9.00. The molecule has 0 aromatic heterocycles. The fourth-order valence-corrected chi connectivity index (χ4v) is 1.81. The summed E-state index contributed by atoms with van der Waals surface area (Å²) in [6, 6.07) is -0.794. The summed E-state index contributed by atoms with van der Waals surface area (Å²) in [5.41, 5.74) is 5.48. The smallest absolute Gasteiger partial charge is 0.332 e. The Hall–Kier alpha value is -0.750. The first kappa shape index (κ1) is 16.2. The highest BCUT2D eigenvalue weighted by atomic mass is 31.2. The van der Waals surface area contributed by atoms with Crippen molar-refractivity contribution in [1.82, 2.24) is 0 Å². The van der Waals surface area contributed by atoms with Crippen molar-refractivity contribution in [3.63, 3.8) is 0 Å². The minimum atomic E-state index is -4.29. The summed E-state index contributed by atoms with van der Waals surface area (Å²) in [7, 11) is -4.29. The number of hydrogen-bond acceptors (Lipinski definition) is 5. The number of hydrogen-bond donors (Lipinski definition) is 3. The lowest BCUT2D eigenvalue weighted by Gasteiger charge is -2.09. The molecule has 0 rings (SSSR count). The average molecular weight is 267 g/mol. The van der Waals surface area contributed by atoms with E-state index in [1.807, 2.05) is 0 Å². The molecule has 7 nitrogen and oxygen atoms in total. The van der Waals surface area contributed by atoms with E-state index in [1.54, 1.807) is 6.92 Å². The highest BCUT2D eigenvalue weighted by molar-refractivity contribution is 7.52. The molecule has 0 radical (unpaired) electrons. The number of carbonyl (C=O) groups is 2. The van der Waals surface area contributed by atoms with Gasteiger partial charge in [-0.15, -0.1) is 0 Å². The van der Waals surface area contributed by atoms with Crippen molar-refractivity contribution >= 4 is 19.3 Å². The molecule has 100 valence electrons. The molecule has 1 atom stereocenters. The van der Waals surface area contributed by atoms with Crippen LogP contribution in [0.2, 0.25) is 0 Å². The van der Waals surface area contributed by atoms with Crippen LogP contribution in [0.1, 0.15) is 26.2 Å². The van der Waals surface area contributed by atoms with Crippen molar-refractivity contribution in [1.29, 1.82) is 0 Å². The van der Waals surface area contributed by atoms with Crippen LogP contribution in [0.15, 0.2) is 0 Å². The number of ketones is 1. The topological polar surface area (TPSA) is 127 Å². The molecule has 0 spiro atoms. The lowest BCUT2D eigenvalue weighted by Crippen LogP contribution is -2.32. The summed E-state index contributed by atoms with van der Waals surface area (Å²) in [6.07, 6.45) is -0.204. The standard InChI is InChI=1S/C9H18NO6P/c1-2-16-9(12)8(10)5-3-4-7(11)6-17(13,14)15/h8H,2-6,10H2,1H3,(H2,13,14,15)/t8-/m1/s1. The SMILES string of the molecule is CCOC(=O)[C@H](N)CCCC(=O)CP(=O)(O)O. The van der Waals surface area contributed by atoms with E-state index in [0.717, 1.165) is 0 Å². The van der Waals surface area contributed by atoms with E-state index in [2.05, 4.69) is 4.74 Å². The molecule has 0 heterocycles. The maximum absolute atomic E-state index is 11.1. The van der Waals surface area contributed by atoms with Gasteiger partial charge in [-0.3, -0.25) is 14.2 Å². The van der Waals surface area contributed by atoms with E-state index in [4.69, 9.17) is 15.5 Å². The predicted octanol–water partition coefficient (Wildman–Crippen LogP) is -0.206. The van der Waals surface area contributed by atoms with E-state index in [0.29, 0.717) is 6.42 Å². The van der Waals surface area contributed by atoms with E-state index < -0.39 is 31.6 Å². The maximum atomic E-state index is 11.1. The van der Waals surface area contributed by atoms with Gasteiger partial charge in [0.05, 0.1) is 6.61 Å². The predicted molar refractivity (Wildman–Crippen MR) is 60.4 cm³/mol. The van der Waals surface area contributed by atoms with Crippen LogP contribution >= 0.6 is 7.60 Å². The zero-order valence-electron chi connectivity index (χ0n) is 9.66. The van der Waals surface area contributed by atoms with Crippen molar-refractivity contribution in [2.45, 2.75) is 32.2 Å². The molecule has 0 amide bonds. The lowest BCUT2D eigenvalue weighted by atomic mass is 10.1. The van der Waals surface area contributed by atoms with Gasteiger partial charge in [0, 0.05) is 6.42 Å². The van der Waals surface area contributed by atoms with E-state index >= 15 is 0 Å². The van der Waals surface area contributed by atoms with Crippen LogP contribution in [0.25, 0.3) is 0 Å². The molecule has 0 aliphatic rings. The fraction of sp³-hybridized carbons (Fsp3) is 0.778. The molecule has 4 N–H and O–H groups in total. The summed E-state index contributed by atoms with van der Waals surface area (Å²) in [5.74, 6) is -1.07. The summed E-state index contributed by atoms with van der Waals surface area (Å²) < 4.78 is 15.2. The largest absolute Gasteiger partial charge is 0.465 e. The van der Waals surface area contributed by atoms with Crippen molar-refractivity contribution in [2.24, 2.45) is 5.73 Å². The molecule has 0 aliphatic carbocycles. The summed E-state index contributed by atoms with van der Waals surface area (Å²) in [5, 5.41) is 0. The number of carbonyl (C=O) groups excluding carboxylic acids is 2. The van der Waals surface area contributed by atoms with E-state index in [-0.39, 0.29) is 19.4 Å². The van der Waals surface area contributed by atoms with Crippen LogP contribution in [0.4, 0.5) is 0 Å². The second kappa shape index (κ2) is 7.55. The van der Waals surface area contributed by atoms with Crippen molar-refractivity contribution in [2.75, 3.05) is 12.8 Å². The van der Waals surface area contributed by atoms with Crippen LogP contribution in [0, 0.1) is 0 Å².